The Morgan fingerprint density at radius 2 is 2.00 bits per heavy atom. The topological polar surface area (TPSA) is 66.4 Å². The Labute approximate surface area is 121 Å². The van der Waals surface area contributed by atoms with E-state index >= 15 is 0 Å². The first-order valence-corrected chi connectivity index (χ1v) is 7.04. The van der Waals surface area contributed by atoms with Crippen molar-refractivity contribution in [3.63, 3.8) is 0 Å². The molecule has 0 fully saturated rings. The van der Waals surface area contributed by atoms with E-state index in [1.54, 1.807) is 6.07 Å². The molecule has 1 aromatic rings. The molecule has 0 aliphatic carbocycles. The lowest BCUT2D eigenvalue weighted by Crippen LogP contribution is -2.26. The molecule has 1 amide bonds. The minimum Gasteiger partial charge on any atom is -0.481 e. The highest BCUT2D eigenvalue weighted by Crippen LogP contribution is 2.15. The van der Waals surface area contributed by atoms with Crippen molar-refractivity contribution < 1.29 is 14.7 Å². The molecular weight excluding hydrogens is 310 g/mol. The van der Waals surface area contributed by atoms with E-state index in [2.05, 4.69) is 21.2 Å². The van der Waals surface area contributed by atoms with Gasteiger partial charge in [-0.05, 0) is 46.8 Å². The molecular formula is C14H18BrNO3. The van der Waals surface area contributed by atoms with Gasteiger partial charge in [0, 0.05) is 17.4 Å². The Morgan fingerprint density at radius 1 is 1.32 bits per heavy atom. The fourth-order valence-electron chi connectivity index (χ4n) is 1.69. The molecule has 1 aromatic carbocycles. The third-order valence-electron chi connectivity index (χ3n) is 2.89. The van der Waals surface area contributed by atoms with E-state index < -0.39 is 5.97 Å². The minimum atomic E-state index is -0.774. The summed E-state index contributed by atoms with van der Waals surface area (Å²) in [5, 5.41) is 11.4. The average molecular weight is 328 g/mol. The second-order valence-corrected chi connectivity index (χ2v) is 5.42. The molecule has 0 bridgehead atoms. The zero-order valence-electron chi connectivity index (χ0n) is 10.9. The van der Waals surface area contributed by atoms with Gasteiger partial charge in [0.05, 0.1) is 5.56 Å². The van der Waals surface area contributed by atoms with Gasteiger partial charge in [-0.3, -0.25) is 9.59 Å². The van der Waals surface area contributed by atoms with Crippen molar-refractivity contribution in [1.29, 1.82) is 0 Å². The van der Waals surface area contributed by atoms with E-state index in [1.807, 2.05) is 25.1 Å². The van der Waals surface area contributed by atoms with Crippen LogP contribution in [0.15, 0.2) is 28.7 Å². The zero-order chi connectivity index (χ0) is 14.3. The molecule has 1 rings (SSSR count). The lowest BCUT2D eigenvalue weighted by Gasteiger charge is -2.11. The Balaban J connectivity index is 2.31. The summed E-state index contributed by atoms with van der Waals surface area (Å²) in [6.07, 6.45) is 1.60. The summed E-state index contributed by atoms with van der Waals surface area (Å²) in [6, 6.07) is 7.25. The summed E-state index contributed by atoms with van der Waals surface area (Å²) < 4.78 is 0.770. The van der Waals surface area contributed by atoms with Crippen LogP contribution in [0.1, 0.15) is 36.5 Å². The number of nitrogens with one attached hydrogen (secondary N) is 1. The lowest BCUT2D eigenvalue weighted by molar-refractivity contribution is -0.137. The molecule has 4 nitrogen and oxygen atoms in total. The van der Waals surface area contributed by atoms with Gasteiger partial charge >= 0.3 is 5.97 Å². The molecule has 0 heterocycles. The van der Waals surface area contributed by atoms with Crippen LogP contribution in [0.4, 0.5) is 0 Å². The maximum atomic E-state index is 11.9. The Kier molecular flexibility index (Phi) is 6.56. The zero-order valence-corrected chi connectivity index (χ0v) is 12.4. The third kappa shape index (κ3) is 5.87. The highest BCUT2D eigenvalue weighted by atomic mass is 79.9. The van der Waals surface area contributed by atoms with Crippen LogP contribution in [0, 0.1) is 5.92 Å². The molecule has 2 N–H and O–H groups in total. The fourth-order valence-corrected chi connectivity index (χ4v) is 2.15. The van der Waals surface area contributed by atoms with Crippen molar-refractivity contribution in [3.8, 4) is 0 Å². The molecule has 0 saturated heterocycles. The van der Waals surface area contributed by atoms with Gasteiger partial charge in [-0.1, -0.05) is 19.1 Å². The number of halogens is 1. The van der Waals surface area contributed by atoms with E-state index in [0.29, 0.717) is 18.5 Å². The van der Waals surface area contributed by atoms with Gasteiger partial charge in [0.25, 0.3) is 5.91 Å². The molecule has 0 radical (unpaired) electrons. The summed E-state index contributed by atoms with van der Waals surface area (Å²) in [5.41, 5.74) is 0.612. The second kappa shape index (κ2) is 7.94. The van der Waals surface area contributed by atoms with Crippen LogP contribution < -0.4 is 5.32 Å². The summed E-state index contributed by atoms with van der Waals surface area (Å²) in [6.45, 7) is 2.55. The number of carboxylic acid groups (broad SMARTS) is 1. The first-order chi connectivity index (χ1) is 9.00. The maximum absolute atomic E-state index is 11.9. The van der Waals surface area contributed by atoms with Crippen LogP contribution in [0.25, 0.3) is 0 Å². The first-order valence-electron chi connectivity index (χ1n) is 6.25. The number of amides is 1. The molecule has 0 saturated carbocycles. The number of carboxylic acids is 1. The van der Waals surface area contributed by atoms with Gasteiger partial charge in [0.2, 0.25) is 0 Å². The van der Waals surface area contributed by atoms with Crippen LogP contribution in [0.3, 0.4) is 0 Å². The van der Waals surface area contributed by atoms with Crippen molar-refractivity contribution >= 4 is 27.8 Å². The number of hydrogen-bond donors (Lipinski definition) is 2. The number of rotatable bonds is 7. The summed E-state index contributed by atoms with van der Waals surface area (Å²) in [7, 11) is 0. The summed E-state index contributed by atoms with van der Waals surface area (Å²) in [5.74, 6) is -0.599. The highest BCUT2D eigenvalue weighted by molar-refractivity contribution is 9.10. The maximum Gasteiger partial charge on any atom is 0.303 e. The van der Waals surface area contributed by atoms with Crippen LogP contribution in [0.5, 0.6) is 0 Å². The summed E-state index contributed by atoms with van der Waals surface area (Å²) >= 11 is 3.33. The minimum absolute atomic E-state index is 0.113. The first kappa shape index (κ1) is 15.7. The van der Waals surface area contributed by atoms with E-state index in [1.165, 1.54) is 0 Å². The molecule has 0 aliphatic heterocycles. The Bertz CT molecular complexity index is 448. The van der Waals surface area contributed by atoms with Crippen LogP contribution in [-0.2, 0) is 4.79 Å². The standard InChI is InChI=1S/C14H18BrNO3/c1-10(6-7-13(17)18)8-9-16-14(19)11-4-2-3-5-12(11)15/h2-5,10H,6-9H2,1H3,(H,16,19)(H,17,18). The molecule has 0 aliphatic rings. The van der Waals surface area contributed by atoms with Crippen LogP contribution in [-0.4, -0.2) is 23.5 Å². The Morgan fingerprint density at radius 3 is 2.63 bits per heavy atom. The number of hydrogen-bond acceptors (Lipinski definition) is 2. The largest absolute Gasteiger partial charge is 0.481 e. The van der Waals surface area contributed by atoms with Gasteiger partial charge < -0.3 is 10.4 Å². The predicted molar refractivity (Wildman–Crippen MR) is 77.1 cm³/mol. The lowest BCUT2D eigenvalue weighted by atomic mass is 10.0. The van der Waals surface area contributed by atoms with E-state index in [0.717, 1.165) is 10.9 Å². The van der Waals surface area contributed by atoms with Gasteiger partial charge in [-0.25, -0.2) is 0 Å². The highest BCUT2D eigenvalue weighted by Gasteiger charge is 2.10. The normalized spacial score (nSPS) is 11.9. The van der Waals surface area contributed by atoms with E-state index in [9.17, 15) is 9.59 Å². The van der Waals surface area contributed by atoms with Crippen molar-refractivity contribution in [1.82, 2.24) is 5.32 Å². The van der Waals surface area contributed by atoms with Gasteiger partial charge in [-0.15, -0.1) is 0 Å². The molecule has 1 atom stereocenters. The Hall–Kier alpha value is -1.36. The molecule has 1 unspecified atom stereocenters. The SMILES string of the molecule is CC(CCNC(=O)c1ccccc1Br)CCC(=O)O. The molecule has 104 valence electrons. The van der Waals surface area contributed by atoms with Crippen LogP contribution >= 0.6 is 15.9 Å². The number of benzene rings is 1. The van der Waals surface area contributed by atoms with Gasteiger partial charge in [-0.2, -0.15) is 0 Å². The van der Waals surface area contributed by atoms with Crippen molar-refractivity contribution in [2.75, 3.05) is 6.54 Å². The van der Waals surface area contributed by atoms with Crippen molar-refractivity contribution in [3.05, 3.63) is 34.3 Å². The quantitative estimate of drug-likeness (QED) is 0.808. The molecule has 0 aromatic heterocycles. The van der Waals surface area contributed by atoms with Gasteiger partial charge in [0.15, 0.2) is 0 Å². The fraction of sp³-hybridized carbons (Fsp3) is 0.429. The number of carbonyl (C=O) groups is 2. The predicted octanol–water partition coefficient (Wildman–Crippen LogP) is 3.07. The molecule has 5 heteroatoms. The number of carbonyl (C=O) groups excluding carboxylic acids is 1. The van der Waals surface area contributed by atoms with E-state index in [4.69, 9.17) is 5.11 Å². The van der Waals surface area contributed by atoms with Gasteiger partial charge in [0.1, 0.15) is 0 Å². The second-order valence-electron chi connectivity index (χ2n) is 4.56. The average Bonchev–Trinajstić information content (AvgIpc) is 2.36. The molecule has 19 heavy (non-hydrogen) atoms. The summed E-state index contributed by atoms with van der Waals surface area (Å²) in [4.78, 5) is 22.3. The third-order valence-corrected chi connectivity index (χ3v) is 3.58. The monoisotopic (exact) mass is 327 g/mol. The number of aliphatic carboxylic acids is 1. The van der Waals surface area contributed by atoms with Crippen molar-refractivity contribution in [2.45, 2.75) is 26.2 Å². The van der Waals surface area contributed by atoms with Crippen LogP contribution in [0.2, 0.25) is 0 Å². The van der Waals surface area contributed by atoms with E-state index in [-0.39, 0.29) is 18.2 Å². The smallest absolute Gasteiger partial charge is 0.303 e. The molecule has 0 spiro atoms. The van der Waals surface area contributed by atoms with Crippen molar-refractivity contribution in [2.24, 2.45) is 5.92 Å².